The summed E-state index contributed by atoms with van der Waals surface area (Å²) in [5.74, 6) is -0.201. The fourth-order valence-corrected chi connectivity index (χ4v) is 3.63. The number of carbonyl (C=O) groups excluding carboxylic acids is 1. The lowest BCUT2D eigenvalue weighted by Gasteiger charge is -2.04. The second kappa shape index (κ2) is 7.34. The standard InChI is InChI=1S/C13H16N4O3S2/c14-6-7-15-12(18)8-10-9-21-13(16-10)17-22(19,20)11-4-2-1-3-5-11/h1-5,9H,6-8,14H2,(H,15,18)(H,16,17). The third-order valence-corrected chi connectivity index (χ3v) is 4.93. The van der Waals surface area contributed by atoms with E-state index in [0.717, 1.165) is 11.3 Å². The van der Waals surface area contributed by atoms with Crippen LogP contribution in [-0.2, 0) is 21.2 Å². The van der Waals surface area contributed by atoms with Crippen molar-refractivity contribution in [3.63, 3.8) is 0 Å². The average Bonchev–Trinajstić information content (AvgIpc) is 2.92. The minimum atomic E-state index is -3.66. The highest BCUT2D eigenvalue weighted by Gasteiger charge is 2.16. The summed E-state index contributed by atoms with van der Waals surface area (Å²) in [5, 5.41) is 4.50. The van der Waals surface area contributed by atoms with E-state index >= 15 is 0 Å². The molecule has 1 amide bonds. The van der Waals surface area contributed by atoms with Gasteiger partial charge in [-0.25, -0.2) is 13.4 Å². The molecular weight excluding hydrogens is 324 g/mol. The summed E-state index contributed by atoms with van der Waals surface area (Å²) in [6.45, 7) is 0.765. The molecule has 0 spiro atoms. The normalized spacial score (nSPS) is 11.1. The third kappa shape index (κ3) is 4.52. The maximum atomic E-state index is 12.1. The molecule has 7 nitrogen and oxygen atoms in total. The number of nitrogens with one attached hydrogen (secondary N) is 2. The molecule has 0 aliphatic heterocycles. The Balaban J connectivity index is 2.02. The SMILES string of the molecule is NCCNC(=O)Cc1csc(NS(=O)(=O)c2ccccc2)n1. The lowest BCUT2D eigenvalue weighted by Crippen LogP contribution is -2.30. The molecule has 9 heteroatoms. The number of nitrogens with zero attached hydrogens (tertiary/aromatic N) is 1. The van der Waals surface area contributed by atoms with Gasteiger partial charge in [-0.3, -0.25) is 9.52 Å². The predicted molar refractivity (Wildman–Crippen MR) is 85.1 cm³/mol. The first-order valence-electron chi connectivity index (χ1n) is 6.50. The number of sulfonamides is 1. The molecule has 1 aromatic carbocycles. The number of nitrogens with two attached hydrogens (primary N) is 1. The second-order valence-electron chi connectivity index (χ2n) is 4.38. The minimum Gasteiger partial charge on any atom is -0.354 e. The number of benzene rings is 1. The number of amides is 1. The van der Waals surface area contributed by atoms with Gasteiger partial charge in [-0.1, -0.05) is 18.2 Å². The van der Waals surface area contributed by atoms with Crippen LogP contribution in [-0.4, -0.2) is 32.4 Å². The van der Waals surface area contributed by atoms with Gasteiger partial charge in [-0.2, -0.15) is 0 Å². The predicted octanol–water partition coefficient (Wildman–Crippen LogP) is 0.561. The molecule has 0 unspecified atom stereocenters. The Labute approximate surface area is 132 Å². The van der Waals surface area contributed by atoms with Crippen molar-refractivity contribution in [1.29, 1.82) is 0 Å². The molecule has 2 rings (SSSR count). The summed E-state index contributed by atoms with van der Waals surface area (Å²) < 4.78 is 26.7. The zero-order valence-electron chi connectivity index (χ0n) is 11.7. The van der Waals surface area contributed by atoms with Crippen LogP contribution in [0.5, 0.6) is 0 Å². The highest BCUT2D eigenvalue weighted by molar-refractivity contribution is 7.93. The first-order valence-corrected chi connectivity index (χ1v) is 8.86. The van der Waals surface area contributed by atoms with E-state index in [2.05, 4.69) is 15.0 Å². The van der Waals surface area contributed by atoms with Gasteiger partial charge in [0.1, 0.15) is 0 Å². The van der Waals surface area contributed by atoms with Crippen molar-refractivity contribution in [2.75, 3.05) is 17.8 Å². The first-order chi connectivity index (χ1) is 10.5. The minimum absolute atomic E-state index is 0.0869. The van der Waals surface area contributed by atoms with E-state index in [4.69, 9.17) is 5.73 Å². The number of rotatable bonds is 7. The van der Waals surface area contributed by atoms with E-state index in [1.807, 2.05) is 0 Å². The van der Waals surface area contributed by atoms with E-state index in [1.54, 1.807) is 23.6 Å². The van der Waals surface area contributed by atoms with E-state index in [0.29, 0.717) is 18.8 Å². The van der Waals surface area contributed by atoms with Gasteiger partial charge in [-0.15, -0.1) is 11.3 Å². The van der Waals surface area contributed by atoms with Crippen LogP contribution in [0.15, 0.2) is 40.6 Å². The summed E-state index contributed by atoms with van der Waals surface area (Å²) in [6, 6.07) is 8.02. The first kappa shape index (κ1) is 16.4. The van der Waals surface area contributed by atoms with Gasteiger partial charge in [0.25, 0.3) is 10.0 Å². The average molecular weight is 340 g/mol. The van der Waals surface area contributed by atoms with E-state index in [-0.39, 0.29) is 22.4 Å². The van der Waals surface area contributed by atoms with Crippen molar-refractivity contribution < 1.29 is 13.2 Å². The van der Waals surface area contributed by atoms with Crippen molar-refractivity contribution in [3.05, 3.63) is 41.4 Å². The van der Waals surface area contributed by atoms with Gasteiger partial charge in [0.2, 0.25) is 5.91 Å². The van der Waals surface area contributed by atoms with E-state index < -0.39 is 10.0 Å². The highest BCUT2D eigenvalue weighted by Crippen LogP contribution is 2.20. The Bertz CT molecular complexity index is 729. The van der Waals surface area contributed by atoms with Crippen molar-refractivity contribution >= 4 is 32.4 Å². The van der Waals surface area contributed by atoms with Crippen LogP contribution in [0.3, 0.4) is 0 Å². The number of thiazole rings is 1. The maximum Gasteiger partial charge on any atom is 0.263 e. The van der Waals surface area contributed by atoms with Gasteiger partial charge in [-0.05, 0) is 12.1 Å². The largest absolute Gasteiger partial charge is 0.354 e. The molecule has 4 N–H and O–H groups in total. The summed E-state index contributed by atoms with van der Waals surface area (Å²) in [4.78, 5) is 15.8. The van der Waals surface area contributed by atoms with Gasteiger partial charge >= 0.3 is 0 Å². The Morgan fingerprint density at radius 2 is 2.00 bits per heavy atom. The molecule has 2 aromatic rings. The number of hydrogen-bond donors (Lipinski definition) is 3. The highest BCUT2D eigenvalue weighted by atomic mass is 32.2. The Hall–Kier alpha value is -1.97. The van der Waals surface area contributed by atoms with Crippen LogP contribution in [0, 0.1) is 0 Å². The number of carbonyl (C=O) groups is 1. The molecule has 0 radical (unpaired) electrons. The van der Waals surface area contributed by atoms with Gasteiger partial charge in [0, 0.05) is 18.5 Å². The lowest BCUT2D eigenvalue weighted by molar-refractivity contribution is -0.120. The topological polar surface area (TPSA) is 114 Å². The molecule has 0 fully saturated rings. The molecular formula is C13H16N4O3S2. The van der Waals surface area contributed by atoms with Crippen LogP contribution in [0.1, 0.15) is 5.69 Å². The molecule has 22 heavy (non-hydrogen) atoms. The van der Waals surface area contributed by atoms with Gasteiger partial charge in [0.15, 0.2) is 5.13 Å². The molecule has 0 saturated carbocycles. The molecule has 0 atom stereocenters. The van der Waals surface area contributed by atoms with Crippen LogP contribution >= 0.6 is 11.3 Å². The number of aromatic nitrogens is 1. The summed E-state index contributed by atoms with van der Waals surface area (Å²) in [5.41, 5.74) is 5.80. The third-order valence-electron chi connectivity index (χ3n) is 2.64. The van der Waals surface area contributed by atoms with Crippen LogP contribution in [0.2, 0.25) is 0 Å². The zero-order chi connectivity index (χ0) is 16.0. The van der Waals surface area contributed by atoms with Crippen molar-refractivity contribution in [2.45, 2.75) is 11.3 Å². The molecule has 0 saturated heterocycles. The summed E-state index contributed by atoms with van der Waals surface area (Å²) in [6.07, 6.45) is 0.0869. The molecule has 118 valence electrons. The zero-order valence-corrected chi connectivity index (χ0v) is 13.3. The van der Waals surface area contributed by atoms with E-state index in [9.17, 15) is 13.2 Å². The van der Waals surface area contributed by atoms with Gasteiger partial charge in [0.05, 0.1) is 17.0 Å². The smallest absolute Gasteiger partial charge is 0.263 e. The Kier molecular flexibility index (Phi) is 5.47. The molecule has 0 bridgehead atoms. The molecule has 1 heterocycles. The second-order valence-corrected chi connectivity index (χ2v) is 6.92. The van der Waals surface area contributed by atoms with Crippen molar-refractivity contribution in [2.24, 2.45) is 5.73 Å². The number of anilines is 1. The monoisotopic (exact) mass is 340 g/mol. The lowest BCUT2D eigenvalue weighted by atomic mass is 10.3. The quantitative estimate of drug-likeness (QED) is 0.681. The Morgan fingerprint density at radius 3 is 2.68 bits per heavy atom. The molecule has 0 aliphatic carbocycles. The molecule has 1 aromatic heterocycles. The fourth-order valence-electron chi connectivity index (χ4n) is 1.65. The van der Waals surface area contributed by atoms with Crippen LogP contribution in [0.4, 0.5) is 5.13 Å². The van der Waals surface area contributed by atoms with E-state index in [1.165, 1.54) is 12.1 Å². The molecule has 0 aliphatic rings. The van der Waals surface area contributed by atoms with Gasteiger partial charge < -0.3 is 11.1 Å². The van der Waals surface area contributed by atoms with Crippen LogP contribution < -0.4 is 15.8 Å². The van der Waals surface area contributed by atoms with Crippen LogP contribution in [0.25, 0.3) is 0 Å². The fraction of sp³-hybridized carbons (Fsp3) is 0.231. The Morgan fingerprint density at radius 1 is 1.27 bits per heavy atom. The van der Waals surface area contributed by atoms with Crippen molar-refractivity contribution in [1.82, 2.24) is 10.3 Å². The summed E-state index contributed by atoms with van der Waals surface area (Å²) >= 11 is 1.13. The maximum absolute atomic E-state index is 12.1. The number of hydrogen-bond acceptors (Lipinski definition) is 6. The summed E-state index contributed by atoms with van der Waals surface area (Å²) in [7, 11) is -3.66. The van der Waals surface area contributed by atoms with Crippen molar-refractivity contribution in [3.8, 4) is 0 Å².